The summed E-state index contributed by atoms with van der Waals surface area (Å²) in [5.74, 6) is 0. The van der Waals surface area contributed by atoms with E-state index in [1.165, 1.54) is 5.56 Å². The van der Waals surface area contributed by atoms with Gasteiger partial charge in [-0.25, -0.2) is 4.98 Å². The fraction of sp³-hybridized carbons (Fsp3) is 0.267. The summed E-state index contributed by atoms with van der Waals surface area (Å²) in [4.78, 5) is 4.33. The minimum Gasteiger partial charge on any atom is -0.312 e. The Labute approximate surface area is 123 Å². The topological polar surface area (TPSA) is 24.9 Å². The molecule has 0 amide bonds. The number of nitrogens with zero attached hydrogens (tertiary/aromatic N) is 1. The second-order valence-corrected chi connectivity index (χ2v) is 6.15. The van der Waals surface area contributed by atoms with Gasteiger partial charge < -0.3 is 5.32 Å². The Hall–Kier alpha value is -1.03. The van der Waals surface area contributed by atoms with Gasteiger partial charge >= 0.3 is 0 Å². The lowest BCUT2D eigenvalue weighted by Gasteiger charge is -2.23. The van der Waals surface area contributed by atoms with Gasteiger partial charge in [0.1, 0.15) is 0 Å². The van der Waals surface area contributed by atoms with Crippen LogP contribution in [0.5, 0.6) is 0 Å². The third kappa shape index (κ3) is 3.96. The number of hydrogen-bond donors (Lipinski definition) is 1. The predicted molar refractivity (Wildman–Crippen MR) is 82.8 cm³/mol. The van der Waals surface area contributed by atoms with Crippen molar-refractivity contribution in [2.45, 2.75) is 23.2 Å². The van der Waals surface area contributed by atoms with Crippen LogP contribution in [0.25, 0.3) is 0 Å². The van der Waals surface area contributed by atoms with Crippen molar-refractivity contribution in [2.24, 2.45) is 0 Å². The molecular formula is C15H17ClN2S. The number of benzene rings is 1. The Kier molecular flexibility index (Phi) is 5.25. The Bertz CT molecular complexity index is 501. The van der Waals surface area contributed by atoms with Crippen molar-refractivity contribution in [1.82, 2.24) is 10.3 Å². The van der Waals surface area contributed by atoms with Crippen LogP contribution >= 0.6 is 23.4 Å². The molecule has 1 heterocycles. The largest absolute Gasteiger partial charge is 0.312 e. The van der Waals surface area contributed by atoms with Gasteiger partial charge in [0.2, 0.25) is 0 Å². The van der Waals surface area contributed by atoms with Gasteiger partial charge in [-0.1, -0.05) is 48.9 Å². The molecule has 0 bridgehead atoms. The lowest BCUT2D eigenvalue weighted by molar-refractivity contribution is 0.589. The highest BCUT2D eigenvalue weighted by Crippen LogP contribution is 2.30. The summed E-state index contributed by atoms with van der Waals surface area (Å²) >= 11 is 7.60. The Morgan fingerprint density at radius 1 is 1.16 bits per heavy atom. The molecule has 0 spiro atoms. The van der Waals surface area contributed by atoms with Crippen LogP contribution in [0.15, 0.2) is 53.7 Å². The van der Waals surface area contributed by atoms with E-state index in [0.29, 0.717) is 16.3 Å². The zero-order chi connectivity index (χ0) is 13.7. The average molecular weight is 293 g/mol. The van der Waals surface area contributed by atoms with Gasteiger partial charge in [0.25, 0.3) is 0 Å². The van der Waals surface area contributed by atoms with Crippen LogP contribution in [0.1, 0.15) is 18.5 Å². The van der Waals surface area contributed by atoms with Crippen LogP contribution in [0.3, 0.4) is 0 Å². The third-order valence-electron chi connectivity index (χ3n) is 2.95. The van der Waals surface area contributed by atoms with Crippen LogP contribution in [0, 0.1) is 0 Å². The molecule has 2 atom stereocenters. The zero-order valence-electron chi connectivity index (χ0n) is 11.0. The van der Waals surface area contributed by atoms with Gasteiger partial charge in [0.15, 0.2) is 0 Å². The fourth-order valence-corrected chi connectivity index (χ4v) is 3.21. The van der Waals surface area contributed by atoms with E-state index in [4.69, 9.17) is 11.6 Å². The Morgan fingerprint density at radius 2 is 1.89 bits per heavy atom. The van der Waals surface area contributed by atoms with Crippen molar-refractivity contribution in [3.63, 3.8) is 0 Å². The molecule has 4 heteroatoms. The molecule has 0 saturated heterocycles. The number of pyridine rings is 1. The van der Waals surface area contributed by atoms with Crippen molar-refractivity contribution in [2.75, 3.05) is 7.05 Å². The summed E-state index contributed by atoms with van der Waals surface area (Å²) in [6, 6.07) is 14.6. The van der Waals surface area contributed by atoms with E-state index in [1.807, 2.05) is 25.2 Å². The molecular weight excluding hydrogens is 276 g/mol. The average Bonchev–Trinajstić information content (AvgIpc) is 2.43. The maximum atomic E-state index is 5.85. The molecule has 1 aromatic carbocycles. The highest BCUT2D eigenvalue weighted by molar-refractivity contribution is 7.99. The SMILES string of the molecule is CNC(c1ccccc1)C(C)Sc1ccc(Cl)cn1. The van der Waals surface area contributed by atoms with Gasteiger partial charge in [-0.2, -0.15) is 0 Å². The second kappa shape index (κ2) is 6.94. The molecule has 1 N–H and O–H groups in total. The van der Waals surface area contributed by atoms with Crippen LogP contribution in [-0.4, -0.2) is 17.3 Å². The van der Waals surface area contributed by atoms with E-state index in [0.717, 1.165) is 5.03 Å². The van der Waals surface area contributed by atoms with E-state index in [-0.39, 0.29) is 0 Å². The molecule has 0 aliphatic rings. The molecule has 0 aliphatic carbocycles. The van der Waals surface area contributed by atoms with E-state index in [9.17, 15) is 0 Å². The highest BCUT2D eigenvalue weighted by Gasteiger charge is 2.18. The van der Waals surface area contributed by atoms with Crippen molar-refractivity contribution in [1.29, 1.82) is 0 Å². The lowest BCUT2D eigenvalue weighted by Crippen LogP contribution is -2.25. The number of thioether (sulfide) groups is 1. The maximum absolute atomic E-state index is 5.85. The van der Waals surface area contributed by atoms with Gasteiger partial charge in [-0.15, -0.1) is 11.8 Å². The van der Waals surface area contributed by atoms with Crippen LogP contribution < -0.4 is 5.32 Å². The molecule has 0 aliphatic heterocycles. The molecule has 2 unspecified atom stereocenters. The quantitative estimate of drug-likeness (QED) is 0.837. The number of aromatic nitrogens is 1. The summed E-state index contributed by atoms with van der Waals surface area (Å²) in [6.45, 7) is 2.20. The monoisotopic (exact) mass is 292 g/mol. The van der Waals surface area contributed by atoms with Crippen molar-refractivity contribution >= 4 is 23.4 Å². The summed E-state index contributed by atoms with van der Waals surface area (Å²) in [5.41, 5.74) is 1.29. The molecule has 2 rings (SSSR count). The van der Waals surface area contributed by atoms with Gasteiger partial charge in [-0.3, -0.25) is 0 Å². The number of halogens is 1. The van der Waals surface area contributed by atoms with E-state index >= 15 is 0 Å². The third-order valence-corrected chi connectivity index (χ3v) is 4.30. The normalized spacial score (nSPS) is 14.1. The van der Waals surface area contributed by atoms with Crippen molar-refractivity contribution < 1.29 is 0 Å². The molecule has 19 heavy (non-hydrogen) atoms. The molecule has 0 radical (unpaired) electrons. The number of nitrogens with one attached hydrogen (secondary N) is 1. The summed E-state index contributed by atoms with van der Waals surface area (Å²) in [6.07, 6.45) is 1.69. The van der Waals surface area contributed by atoms with Crippen LogP contribution in [0.4, 0.5) is 0 Å². The first kappa shape index (κ1) is 14.4. The number of hydrogen-bond acceptors (Lipinski definition) is 3. The smallest absolute Gasteiger partial charge is 0.0964 e. The summed E-state index contributed by atoms with van der Waals surface area (Å²) in [7, 11) is 1.99. The van der Waals surface area contributed by atoms with Crippen LogP contribution in [0.2, 0.25) is 5.02 Å². The first-order chi connectivity index (χ1) is 9.20. The van der Waals surface area contributed by atoms with Gasteiger partial charge in [0.05, 0.1) is 10.0 Å². The van der Waals surface area contributed by atoms with E-state index < -0.39 is 0 Å². The van der Waals surface area contributed by atoms with Crippen molar-refractivity contribution in [3.8, 4) is 0 Å². The van der Waals surface area contributed by atoms with Crippen LogP contribution in [-0.2, 0) is 0 Å². The zero-order valence-corrected chi connectivity index (χ0v) is 12.6. The first-order valence-corrected chi connectivity index (χ1v) is 7.47. The maximum Gasteiger partial charge on any atom is 0.0964 e. The molecule has 0 saturated carbocycles. The van der Waals surface area contributed by atoms with E-state index in [2.05, 4.69) is 41.5 Å². The molecule has 2 nitrogen and oxygen atoms in total. The van der Waals surface area contributed by atoms with E-state index in [1.54, 1.807) is 18.0 Å². The molecule has 2 aromatic rings. The first-order valence-electron chi connectivity index (χ1n) is 6.21. The molecule has 100 valence electrons. The summed E-state index contributed by atoms with van der Waals surface area (Å²) < 4.78 is 0. The van der Waals surface area contributed by atoms with Gasteiger partial charge in [-0.05, 0) is 24.7 Å². The molecule has 1 aromatic heterocycles. The number of rotatable bonds is 5. The lowest BCUT2D eigenvalue weighted by atomic mass is 10.0. The Balaban J connectivity index is 2.09. The highest BCUT2D eigenvalue weighted by atomic mass is 35.5. The minimum atomic E-state index is 0.295. The summed E-state index contributed by atoms with van der Waals surface area (Å²) in [5, 5.41) is 5.42. The van der Waals surface area contributed by atoms with Gasteiger partial charge in [0, 0.05) is 17.5 Å². The van der Waals surface area contributed by atoms with Crippen molar-refractivity contribution in [3.05, 3.63) is 59.2 Å². The second-order valence-electron chi connectivity index (χ2n) is 4.31. The fourth-order valence-electron chi connectivity index (χ4n) is 2.02. The standard InChI is InChI=1S/C15H17ClN2S/c1-11(19-14-9-8-13(16)10-18-14)15(17-2)12-6-4-3-5-7-12/h3-11,15,17H,1-2H3. The minimum absolute atomic E-state index is 0.295. The Morgan fingerprint density at radius 3 is 2.47 bits per heavy atom. The predicted octanol–water partition coefficient (Wildman–Crippen LogP) is 4.18. The molecule has 0 fully saturated rings.